The molecule has 0 amide bonds. The van der Waals surface area contributed by atoms with Crippen molar-refractivity contribution in [1.29, 1.82) is 0 Å². The fourth-order valence-electron chi connectivity index (χ4n) is 2.87. The second kappa shape index (κ2) is 7.97. The minimum atomic E-state index is -3.62. The Labute approximate surface area is 154 Å². The Bertz CT molecular complexity index is 846. The normalized spacial score (nSPS) is 13.5. The molecule has 0 bridgehead atoms. The highest BCUT2D eigenvalue weighted by Gasteiger charge is 2.19. The maximum Gasteiger partial charge on any atom is 0.241 e. The van der Waals surface area contributed by atoms with Crippen molar-refractivity contribution >= 4 is 15.7 Å². The molecule has 3 rings (SSSR count). The molecule has 140 valence electrons. The number of rotatable bonds is 7. The quantitative estimate of drug-likeness (QED) is 0.805. The van der Waals surface area contributed by atoms with Gasteiger partial charge in [-0.2, -0.15) is 0 Å². The largest absolute Gasteiger partial charge is 0.486 e. The number of nitrogens with zero attached hydrogens (tertiary/aromatic N) is 1. The maximum atomic E-state index is 12.5. The van der Waals surface area contributed by atoms with Gasteiger partial charge < -0.3 is 14.4 Å². The number of fused-ring (bicyclic) bond motifs is 1. The molecule has 1 aliphatic heterocycles. The van der Waals surface area contributed by atoms with Gasteiger partial charge in [-0.1, -0.05) is 12.1 Å². The van der Waals surface area contributed by atoms with Crippen LogP contribution in [0.4, 0.5) is 5.69 Å². The van der Waals surface area contributed by atoms with E-state index in [0.717, 1.165) is 24.3 Å². The van der Waals surface area contributed by atoms with Crippen LogP contribution in [0.1, 0.15) is 19.4 Å². The molecule has 0 unspecified atom stereocenters. The zero-order chi connectivity index (χ0) is 18.6. The highest BCUT2D eigenvalue weighted by molar-refractivity contribution is 7.89. The van der Waals surface area contributed by atoms with E-state index in [1.165, 1.54) is 12.1 Å². The monoisotopic (exact) mass is 376 g/mol. The van der Waals surface area contributed by atoms with E-state index < -0.39 is 10.0 Å². The summed E-state index contributed by atoms with van der Waals surface area (Å²) in [5.41, 5.74) is 2.04. The Morgan fingerprint density at radius 1 is 0.962 bits per heavy atom. The third kappa shape index (κ3) is 4.11. The predicted octanol–water partition coefficient (Wildman–Crippen LogP) is 2.78. The summed E-state index contributed by atoms with van der Waals surface area (Å²) in [5, 5.41) is 0. The van der Waals surface area contributed by atoms with E-state index in [2.05, 4.69) is 23.5 Å². The van der Waals surface area contributed by atoms with Gasteiger partial charge >= 0.3 is 0 Å². The lowest BCUT2D eigenvalue weighted by Crippen LogP contribution is -2.24. The molecule has 2 aromatic carbocycles. The van der Waals surface area contributed by atoms with Crippen LogP contribution in [-0.4, -0.2) is 34.7 Å². The molecule has 26 heavy (non-hydrogen) atoms. The number of ether oxygens (including phenoxy) is 2. The molecule has 2 aromatic rings. The highest BCUT2D eigenvalue weighted by Crippen LogP contribution is 2.32. The summed E-state index contributed by atoms with van der Waals surface area (Å²) in [5.74, 6) is 1.03. The van der Waals surface area contributed by atoms with Crippen LogP contribution in [0.2, 0.25) is 0 Å². The second-order valence-electron chi connectivity index (χ2n) is 5.97. The molecule has 1 N–H and O–H groups in total. The van der Waals surface area contributed by atoms with Crippen LogP contribution in [0.25, 0.3) is 0 Å². The molecular formula is C19H24N2O4S. The van der Waals surface area contributed by atoms with Gasteiger partial charge in [0, 0.05) is 31.4 Å². The first kappa shape index (κ1) is 18.5. The Balaban J connectivity index is 1.68. The minimum Gasteiger partial charge on any atom is -0.486 e. The predicted molar refractivity (Wildman–Crippen MR) is 101 cm³/mol. The van der Waals surface area contributed by atoms with Crippen molar-refractivity contribution in [3.8, 4) is 11.5 Å². The molecule has 6 nitrogen and oxygen atoms in total. The van der Waals surface area contributed by atoms with E-state index in [-0.39, 0.29) is 11.4 Å². The summed E-state index contributed by atoms with van der Waals surface area (Å²) in [6.45, 7) is 7.22. The van der Waals surface area contributed by atoms with Crippen LogP contribution >= 0.6 is 0 Å². The topological polar surface area (TPSA) is 67.9 Å². The molecule has 0 saturated carbocycles. The van der Waals surface area contributed by atoms with Crippen LogP contribution in [0, 0.1) is 0 Å². The molecule has 0 spiro atoms. The number of anilines is 1. The summed E-state index contributed by atoms with van der Waals surface area (Å²) < 4.78 is 38.6. The third-order valence-electron chi connectivity index (χ3n) is 4.36. The Hall–Kier alpha value is -2.25. The number of nitrogens with one attached hydrogen (secondary N) is 1. The van der Waals surface area contributed by atoms with Crippen LogP contribution in [0.5, 0.6) is 11.5 Å². The summed E-state index contributed by atoms with van der Waals surface area (Å²) in [6, 6.07) is 12.6. The number of hydrogen-bond acceptors (Lipinski definition) is 5. The van der Waals surface area contributed by atoms with E-state index >= 15 is 0 Å². The molecule has 0 fully saturated rings. The highest BCUT2D eigenvalue weighted by atomic mass is 32.2. The van der Waals surface area contributed by atoms with Crippen molar-refractivity contribution in [2.75, 3.05) is 31.2 Å². The van der Waals surface area contributed by atoms with E-state index in [1.54, 1.807) is 6.07 Å². The van der Waals surface area contributed by atoms with Crippen molar-refractivity contribution in [3.63, 3.8) is 0 Å². The van der Waals surface area contributed by atoms with Crippen molar-refractivity contribution in [2.45, 2.75) is 25.3 Å². The molecule has 7 heteroatoms. The van der Waals surface area contributed by atoms with Gasteiger partial charge in [-0.3, -0.25) is 0 Å². The smallest absolute Gasteiger partial charge is 0.241 e. The van der Waals surface area contributed by atoms with E-state index in [9.17, 15) is 8.42 Å². The van der Waals surface area contributed by atoms with E-state index in [0.29, 0.717) is 24.7 Å². The van der Waals surface area contributed by atoms with Gasteiger partial charge in [0.2, 0.25) is 10.0 Å². The zero-order valence-electron chi connectivity index (χ0n) is 15.1. The molecule has 1 heterocycles. The van der Waals surface area contributed by atoms with Gasteiger partial charge in [0.25, 0.3) is 0 Å². The third-order valence-corrected chi connectivity index (χ3v) is 5.75. The first-order valence-electron chi connectivity index (χ1n) is 8.76. The van der Waals surface area contributed by atoms with Crippen molar-refractivity contribution in [2.24, 2.45) is 0 Å². The van der Waals surface area contributed by atoms with Crippen LogP contribution in [-0.2, 0) is 16.6 Å². The van der Waals surface area contributed by atoms with E-state index in [4.69, 9.17) is 9.47 Å². The first-order chi connectivity index (χ1) is 12.5. The minimum absolute atomic E-state index is 0.168. The van der Waals surface area contributed by atoms with Gasteiger partial charge in [-0.05, 0) is 43.7 Å². The molecule has 0 atom stereocenters. The zero-order valence-corrected chi connectivity index (χ0v) is 15.9. The lowest BCUT2D eigenvalue weighted by molar-refractivity contribution is 0.171. The average molecular weight is 376 g/mol. The Kier molecular flexibility index (Phi) is 5.68. The SMILES string of the molecule is CCN(CC)c1ccc(CNS(=O)(=O)c2ccc3c(c2)OCCO3)cc1. The summed E-state index contributed by atoms with van der Waals surface area (Å²) in [7, 11) is -3.62. The summed E-state index contributed by atoms with van der Waals surface area (Å²) in [6.07, 6.45) is 0. The molecule has 0 aromatic heterocycles. The molecular weight excluding hydrogens is 352 g/mol. The number of sulfonamides is 1. The molecule has 0 aliphatic carbocycles. The van der Waals surface area contributed by atoms with Crippen LogP contribution in [0.3, 0.4) is 0 Å². The Morgan fingerprint density at radius 2 is 1.62 bits per heavy atom. The van der Waals surface area contributed by atoms with Crippen molar-refractivity contribution < 1.29 is 17.9 Å². The molecule has 0 radical (unpaired) electrons. The Morgan fingerprint density at radius 3 is 2.27 bits per heavy atom. The molecule has 0 saturated heterocycles. The lowest BCUT2D eigenvalue weighted by atomic mass is 10.2. The summed E-state index contributed by atoms with van der Waals surface area (Å²) in [4.78, 5) is 2.41. The maximum absolute atomic E-state index is 12.5. The standard InChI is InChI=1S/C19H24N2O4S/c1-3-21(4-2)16-7-5-15(6-8-16)14-20-26(22,23)17-9-10-18-19(13-17)25-12-11-24-18/h5-10,13,20H,3-4,11-12,14H2,1-2H3. The van der Waals surface area contributed by atoms with Crippen molar-refractivity contribution in [1.82, 2.24) is 4.72 Å². The van der Waals surface area contributed by atoms with Gasteiger partial charge in [0.15, 0.2) is 11.5 Å². The van der Waals surface area contributed by atoms with Gasteiger partial charge in [0.1, 0.15) is 13.2 Å². The molecule has 1 aliphatic rings. The van der Waals surface area contributed by atoms with Crippen molar-refractivity contribution in [3.05, 3.63) is 48.0 Å². The fourth-order valence-corrected chi connectivity index (χ4v) is 3.90. The number of benzene rings is 2. The second-order valence-corrected chi connectivity index (χ2v) is 7.74. The van der Waals surface area contributed by atoms with Gasteiger partial charge in [0.05, 0.1) is 4.90 Å². The van der Waals surface area contributed by atoms with Crippen LogP contribution in [0.15, 0.2) is 47.4 Å². The average Bonchev–Trinajstić information content (AvgIpc) is 2.68. The van der Waals surface area contributed by atoms with Crippen LogP contribution < -0.4 is 19.1 Å². The fraction of sp³-hybridized carbons (Fsp3) is 0.368. The first-order valence-corrected chi connectivity index (χ1v) is 10.2. The summed E-state index contributed by atoms with van der Waals surface area (Å²) >= 11 is 0. The lowest BCUT2D eigenvalue weighted by Gasteiger charge is -2.21. The van der Waals surface area contributed by atoms with Gasteiger partial charge in [-0.15, -0.1) is 0 Å². The number of hydrogen-bond donors (Lipinski definition) is 1. The van der Waals surface area contributed by atoms with E-state index in [1.807, 2.05) is 24.3 Å². The van der Waals surface area contributed by atoms with Gasteiger partial charge in [-0.25, -0.2) is 13.1 Å².